The molecule has 1 aromatic rings. The van der Waals surface area contributed by atoms with Crippen LogP contribution in [0, 0.1) is 0 Å². The van der Waals surface area contributed by atoms with E-state index in [0.29, 0.717) is 13.0 Å². The smallest absolute Gasteiger partial charge is 0.411 e. The molecule has 0 radical (unpaired) electrons. The van der Waals surface area contributed by atoms with Gasteiger partial charge in [0.15, 0.2) is 0 Å². The summed E-state index contributed by atoms with van der Waals surface area (Å²) >= 11 is 0. The normalized spacial score (nSPS) is 21.5. The van der Waals surface area contributed by atoms with Gasteiger partial charge in [0, 0.05) is 12.5 Å². The summed E-state index contributed by atoms with van der Waals surface area (Å²) in [5.74, 6) is -0.290. The third-order valence-corrected chi connectivity index (χ3v) is 3.67. The summed E-state index contributed by atoms with van der Waals surface area (Å²) < 4.78 is 10.3. The highest BCUT2D eigenvalue weighted by Gasteiger charge is 2.42. The number of hydrogen-bond donors (Lipinski definition) is 0. The number of ether oxygens (including phenoxy) is 2. The van der Waals surface area contributed by atoms with E-state index in [-0.39, 0.29) is 5.92 Å². The topological polar surface area (TPSA) is 55.8 Å². The molecule has 2 atom stereocenters. The number of hydrogen-bond acceptors (Lipinski definition) is 4. The SMILES string of the molecule is COC(=O)[C@@H]1C[C@H](c2ccccc2)CN1C(=O)OC(C)(C)C. The molecule has 1 heterocycles. The van der Waals surface area contributed by atoms with Gasteiger partial charge in [-0.1, -0.05) is 30.3 Å². The number of likely N-dealkylation sites (tertiary alicyclic amines) is 1. The molecule has 2 rings (SSSR count). The molecule has 22 heavy (non-hydrogen) atoms. The van der Waals surface area contributed by atoms with Crippen molar-refractivity contribution in [3.63, 3.8) is 0 Å². The Labute approximate surface area is 131 Å². The number of rotatable bonds is 2. The van der Waals surface area contributed by atoms with Crippen molar-refractivity contribution in [1.82, 2.24) is 4.90 Å². The summed E-state index contributed by atoms with van der Waals surface area (Å²) in [5, 5.41) is 0. The fourth-order valence-electron chi connectivity index (χ4n) is 2.68. The number of carbonyl (C=O) groups excluding carboxylic acids is 2. The minimum absolute atomic E-state index is 0.109. The van der Waals surface area contributed by atoms with Crippen LogP contribution < -0.4 is 0 Å². The number of amides is 1. The predicted molar refractivity (Wildman–Crippen MR) is 82.5 cm³/mol. The van der Waals surface area contributed by atoms with Crippen LogP contribution in [0.3, 0.4) is 0 Å². The molecule has 1 fully saturated rings. The molecular weight excluding hydrogens is 282 g/mol. The summed E-state index contributed by atoms with van der Waals surface area (Å²) in [5.41, 5.74) is 0.519. The predicted octanol–water partition coefficient (Wildman–Crippen LogP) is 2.95. The van der Waals surface area contributed by atoms with E-state index in [2.05, 4.69) is 0 Å². The van der Waals surface area contributed by atoms with Crippen LogP contribution in [0.2, 0.25) is 0 Å². The monoisotopic (exact) mass is 305 g/mol. The van der Waals surface area contributed by atoms with Gasteiger partial charge in [-0.05, 0) is 32.8 Å². The van der Waals surface area contributed by atoms with Crippen LogP contribution >= 0.6 is 0 Å². The lowest BCUT2D eigenvalue weighted by atomic mass is 9.96. The van der Waals surface area contributed by atoms with E-state index < -0.39 is 23.7 Å². The number of benzene rings is 1. The van der Waals surface area contributed by atoms with E-state index in [0.717, 1.165) is 5.56 Å². The molecule has 1 aliphatic rings. The molecule has 0 unspecified atom stereocenters. The van der Waals surface area contributed by atoms with Gasteiger partial charge in [-0.15, -0.1) is 0 Å². The molecule has 1 aromatic carbocycles. The van der Waals surface area contributed by atoms with E-state index in [4.69, 9.17) is 9.47 Å². The van der Waals surface area contributed by atoms with E-state index >= 15 is 0 Å². The van der Waals surface area contributed by atoms with E-state index in [1.165, 1.54) is 12.0 Å². The molecule has 1 saturated heterocycles. The fourth-order valence-corrected chi connectivity index (χ4v) is 2.68. The molecule has 1 amide bonds. The number of carbonyl (C=O) groups is 2. The average Bonchev–Trinajstić information content (AvgIpc) is 2.91. The second-order valence-corrected chi connectivity index (χ2v) is 6.51. The second-order valence-electron chi connectivity index (χ2n) is 6.51. The first-order valence-corrected chi connectivity index (χ1v) is 7.44. The standard InChI is InChI=1S/C17H23NO4/c1-17(2,3)22-16(20)18-11-13(10-14(18)15(19)21-4)12-8-6-5-7-9-12/h5-9,13-14H,10-11H2,1-4H3/t13-,14-/m0/s1. The van der Waals surface area contributed by atoms with Crippen molar-refractivity contribution in [3.05, 3.63) is 35.9 Å². The number of methoxy groups -OCH3 is 1. The Morgan fingerprint density at radius 3 is 2.36 bits per heavy atom. The van der Waals surface area contributed by atoms with Gasteiger partial charge in [-0.2, -0.15) is 0 Å². The van der Waals surface area contributed by atoms with Crippen molar-refractivity contribution in [3.8, 4) is 0 Å². The van der Waals surface area contributed by atoms with Gasteiger partial charge in [0.05, 0.1) is 7.11 Å². The number of esters is 1. The summed E-state index contributed by atoms with van der Waals surface area (Å²) in [6.07, 6.45) is 0.0805. The quantitative estimate of drug-likeness (QED) is 0.788. The second kappa shape index (κ2) is 6.38. The first kappa shape index (κ1) is 16.3. The lowest BCUT2D eigenvalue weighted by Gasteiger charge is -2.27. The van der Waals surface area contributed by atoms with Gasteiger partial charge in [0.1, 0.15) is 11.6 Å². The van der Waals surface area contributed by atoms with Crippen LogP contribution in [0.25, 0.3) is 0 Å². The average molecular weight is 305 g/mol. The molecule has 0 aromatic heterocycles. The molecule has 0 N–H and O–H groups in total. The van der Waals surface area contributed by atoms with E-state index in [9.17, 15) is 9.59 Å². The van der Waals surface area contributed by atoms with Crippen LogP contribution in [0.1, 0.15) is 38.7 Å². The van der Waals surface area contributed by atoms with Crippen LogP contribution in [0.15, 0.2) is 30.3 Å². The maximum Gasteiger partial charge on any atom is 0.411 e. The molecule has 0 bridgehead atoms. The molecule has 5 nitrogen and oxygen atoms in total. The zero-order valence-corrected chi connectivity index (χ0v) is 13.5. The maximum atomic E-state index is 12.4. The van der Waals surface area contributed by atoms with E-state index in [1.54, 1.807) is 0 Å². The molecular formula is C17H23NO4. The fraction of sp³-hybridized carbons (Fsp3) is 0.529. The molecule has 0 aliphatic carbocycles. The highest BCUT2D eigenvalue weighted by atomic mass is 16.6. The molecule has 120 valence electrons. The first-order valence-electron chi connectivity index (χ1n) is 7.44. The minimum atomic E-state index is -0.595. The minimum Gasteiger partial charge on any atom is -0.467 e. The van der Waals surface area contributed by atoms with Gasteiger partial charge >= 0.3 is 12.1 Å². The molecule has 5 heteroatoms. The van der Waals surface area contributed by atoms with Gasteiger partial charge in [0.2, 0.25) is 0 Å². The molecule has 0 saturated carbocycles. The first-order chi connectivity index (χ1) is 10.3. The summed E-state index contributed by atoms with van der Waals surface area (Å²) in [6, 6.07) is 9.29. The van der Waals surface area contributed by atoms with Crippen molar-refractivity contribution < 1.29 is 19.1 Å². The Balaban J connectivity index is 2.19. The van der Waals surface area contributed by atoms with Crippen molar-refractivity contribution >= 4 is 12.1 Å². The van der Waals surface area contributed by atoms with Crippen LogP contribution in [-0.2, 0) is 14.3 Å². The third kappa shape index (κ3) is 3.78. The van der Waals surface area contributed by atoms with Gasteiger partial charge in [0.25, 0.3) is 0 Å². The number of nitrogens with zero attached hydrogens (tertiary/aromatic N) is 1. The van der Waals surface area contributed by atoms with Crippen LogP contribution in [-0.4, -0.2) is 42.3 Å². The lowest BCUT2D eigenvalue weighted by molar-refractivity contribution is -0.145. The van der Waals surface area contributed by atoms with Crippen molar-refractivity contribution in [2.75, 3.05) is 13.7 Å². The van der Waals surface area contributed by atoms with Crippen LogP contribution in [0.4, 0.5) is 4.79 Å². The Bertz CT molecular complexity index is 535. The van der Waals surface area contributed by atoms with E-state index in [1.807, 2.05) is 51.1 Å². The lowest BCUT2D eigenvalue weighted by Crippen LogP contribution is -2.43. The van der Waals surface area contributed by atoms with Crippen molar-refractivity contribution in [2.45, 2.75) is 44.8 Å². The Morgan fingerprint density at radius 2 is 1.82 bits per heavy atom. The summed E-state index contributed by atoms with van der Waals surface area (Å²) in [4.78, 5) is 25.8. The van der Waals surface area contributed by atoms with Crippen LogP contribution in [0.5, 0.6) is 0 Å². The Morgan fingerprint density at radius 1 is 1.18 bits per heavy atom. The summed E-state index contributed by atoms with van der Waals surface area (Å²) in [6.45, 7) is 5.88. The van der Waals surface area contributed by atoms with Gasteiger partial charge in [-0.3, -0.25) is 4.90 Å². The van der Waals surface area contributed by atoms with Gasteiger partial charge < -0.3 is 9.47 Å². The third-order valence-electron chi connectivity index (χ3n) is 3.67. The Hall–Kier alpha value is -2.04. The van der Waals surface area contributed by atoms with Crippen molar-refractivity contribution in [2.24, 2.45) is 0 Å². The van der Waals surface area contributed by atoms with Crippen molar-refractivity contribution in [1.29, 1.82) is 0 Å². The highest BCUT2D eigenvalue weighted by Crippen LogP contribution is 2.33. The summed E-state index contributed by atoms with van der Waals surface area (Å²) in [7, 11) is 1.34. The zero-order valence-electron chi connectivity index (χ0n) is 13.5. The highest BCUT2D eigenvalue weighted by molar-refractivity contribution is 5.82. The maximum absolute atomic E-state index is 12.4. The Kier molecular flexibility index (Phi) is 4.74. The molecule has 0 spiro atoms. The molecule has 1 aliphatic heterocycles. The zero-order chi connectivity index (χ0) is 16.3. The van der Waals surface area contributed by atoms with Gasteiger partial charge in [-0.25, -0.2) is 9.59 Å². The largest absolute Gasteiger partial charge is 0.467 e.